The summed E-state index contributed by atoms with van der Waals surface area (Å²) in [6.07, 6.45) is 7.12. The number of aromatic nitrogens is 2. The summed E-state index contributed by atoms with van der Waals surface area (Å²) in [6, 6.07) is 6.86. The average molecular weight is 289 g/mol. The topological polar surface area (TPSA) is 29.9 Å². The molecular formula is C17H24FN3. The number of hydrogen-bond donors (Lipinski definition) is 1. The Morgan fingerprint density at radius 1 is 1.24 bits per heavy atom. The first-order chi connectivity index (χ1) is 10.2. The van der Waals surface area contributed by atoms with Crippen molar-refractivity contribution in [3.05, 3.63) is 53.6 Å². The summed E-state index contributed by atoms with van der Waals surface area (Å²) in [4.78, 5) is 0. The first kappa shape index (κ1) is 15.7. The number of halogens is 1. The van der Waals surface area contributed by atoms with Crippen LogP contribution in [0.25, 0.3) is 0 Å². The van der Waals surface area contributed by atoms with Gasteiger partial charge in [0.15, 0.2) is 0 Å². The SMILES string of the molecule is CCNCC(CCc1cnn(C)c1)Cc1ccc(F)cc1. The molecule has 21 heavy (non-hydrogen) atoms. The molecule has 0 aliphatic carbocycles. The Morgan fingerprint density at radius 3 is 2.62 bits per heavy atom. The van der Waals surface area contributed by atoms with Crippen LogP contribution in [0.3, 0.4) is 0 Å². The molecule has 0 aliphatic rings. The van der Waals surface area contributed by atoms with E-state index in [2.05, 4.69) is 23.5 Å². The van der Waals surface area contributed by atoms with Crippen LogP contribution in [0.1, 0.15) is 24.5 Å². The maximum atomic E-state index is 13.0. The summed E-state index contributed by atoms with van der Waals surface area (Å²) in [5.41, 5.74) is 2.48. The van der Waals surface area contributed by atoms with E-state index in [0.717, 1.165) is 32.4 Å². The Hall–Kier alpha value is -1.68. The smallest absolute Gasteiger partial charge is 0.123 e. The molecule has 0 radical (unpaired) electrons. The van der Waals surface area contributed by atoms with E-state index >= 15 is 0 Å². The van der Waals surface area contributed by atoms with Crippen LogP contribution >= 0.6 is 0 Å². The first-order valence-corrected chi connectivity index (χ1v) is 7.60. The van der Waals surface area contributed by atoms with Gasteiger partial charge in [-0.15, -0.1) is 0 Å². The summed E-state index contributed by atoms with van der Waals surface area (Å²) in [6.45, 7) is 4.09. The quantitative estimate of drug-likeness (QED) is 0.809. The van der Waals surface area contributed by atoms with Crippen molar-refractivity contribution in [2.75, 3.05) is 13.1 Å². The van der Waals surface area contributed by atoms with Crippen molar-refractivity contribution < 1.29 is 4.39 Å². The largest absolute Gasteiger partial charge is 0.317 e. The van der Waals surface area contributed by atoms with E-state index in [9.17, 15) is 4.39 Å². The maximum Gasteiger partial charge on any atom is 0.123 e. The molecule has 1 aromatic heterocycles. The third-order valence-corrected chi connectivity index (χ3v) is 3.72. The van der Waals surface area contributed by atoms with Gasteiger partial charge in [0.1, 0.15) is 5.82 Å². The monoisotopic (exact) mass is 289 g/mol. The zero-order valence-corrected chi connectivity index (χ0v) is 12.8. The lowest BCUT2D eigenvalue weighted by Gasteiger charge is -2.17. The summed E-state index contributed by atoms with van der Waals surface area (Å²) >= 11 is 0. The van der Waals surface area contributed by atoms with Crippen molar-refractivity contribution in [2.24, 2.45) is 13.0 Å². The van der Waals surface area contributed by atoms with Crippen LogP contribution in [0.5, 0.6) is 0 Å². The molecule has 1 aromatic carbocycles. The molecule has 0 bridgehead atoms. The molecular weight excluding hydrogens is 265 g/mol. The van der Waals surface area contributed by atoms with Crippen molar-refractivity contribution in [1.82, 2.24) is 15.1 Å². The lowest BCUT2D eigenvalue weighted by atomic mass is 9.93. The van der Waals surface area contributed by atoms with E-state index in [1.807, 2.05) is 30.1 Å². The summed E-state index contributed by atoms with van der Waals surface area (Å²) < 4.78 is 14.8. The summed E-state index contributed by atoms with van der Waals surface area (Å²) in [5, 5.41) is 7.64. The van der Waals surface area contributed by atoms with Crippen LogP contribution < -0.4 is 5.32 Å². The Kier molecular flexibility index (Phi) is 5.93. The van der Waals surface area contributed by atoms with Gasteiger partial charge in [0.2, 0.25) is 0 Å². The van der Waals surface area contributed by atoms with Gasteiger partial charge in [-0.05, 0) is 61.5 Å². The zero-order valence-electron chi connectivity index (χ0n) is 12.8. The molecule has 0 saturated carbocycles. The molecule has 0 saturated heterocycles. The second-order valence-electron chi connectivity index (χ2n) is 5.57. The predicted octanol–water partition coefficient (Wildman–Crippen LogP) is 2.96. The third-order valence-electron chi connectivity index (χ3n) is 3.72. The van der Waals surface area contributed by atoms with Crippen LogP contribution in [0, 0.1) is 11.7 Å². The fourth-order valence-electron chi connectivity index (χ4n) is 2.55. The fraction of sp³-hybridized carbons (Fsp3) is 0.471. The van der Waals surface area contributed by atoms with Crippen molar-refractivity contribution in [3.63, 3.8) is 0 Å². The van der Waals surface area contributed by atoms with E-state index < -0.39 is 0 Å². The Morgan fingerprint density at radius 2 is 2.00 bits per heavy atom. The van der Waals surface area contributed by atoms with E-state index in [-0.39, 0.29) is 5.82 Å². The van der Waals surface area contributed by atoms with E-state index in [1.54, 1.807) is 12.1 Å². The van der Waals surface area contributed by atoms with Crippen LogP contribution in [-0.4, -0.2) is 22.9 Å². The molecule has 0 amide bonds. The molecule has 0 fully saturated rings. The van der Waals surface area contributed by atoms with Crippen molar-refractivity contribution in [2.45, 2.75) is 26.2 Å². The van der Waals surface area contributed by atoms with Crippen molar-refractivity contribution in [1.29, 1.82) is 0 Å². The minimum absolute atomic E-state index is 0.169. The Balaban J connectivity index is 1.91. The van der Waals surface area contributed by atoms with Crippen LogP contribution in [0.2, 0.25) is 0 Å². The number of rotatable bonds is 8. The second-order valence-corrected chi connectivity index (χ2v) is 5.57. The van der Waals surface area contributed by atoms with Gasteiger partial charge in [-0.1, -0.05) is 19.1 Å². The van der Waals surface area contributed by atoms with E-state index in [1.165, 1.54) is 11.1 Å². The van der Waals surface area contributed by atoms with E-state index in [0.29, 0.717) is 5.92 Å². The molecule has 114 valence electrons. The molecule has 1 atom stereocenters. The molecule has 0 aliphatic heterocycles. The van der Waals surface area contributed by atoms with Crippen LogP contribution in [0.15, 0.2) is 36.7 Å². The van der Waals surface area contributed by atoms with Gasteiger partial charge in [-0.2, -0.15) is 5.10 Å². The molecule has 1 N–H and O–H groups in total. The molecule has 4 heteroatoms. The second kappa shape index (κ2) is 7.93. The molecule has 2 aromatic rings. The molecule has 1 heterocycles. The van der Waals surface area contributed by atoms with Gasteiger partial charge in [0.25, 0.3) is 0 Å². The van der Waals surface area contributed by atoms with E-state index in [4.69, 9.17) is 0 Å². The summed E-state index contributed by atoms with van der Waals surface area (Å²) in [7, 11) is 1.94. The summed E-state index contributed by atoms with van der Waals surface area (Å²) in [5.74, 6) is 0.382. The number of hydrogen-bond acceptors (Lipinski definition) is 2. The molecule has 2 rings (SSSR count). The zero-order chi connectivity index (χ0) is 15.1. The highest BCUT2D eigenvalue weighted by atomic mass is 19.1. The number of nitrogens with one attached hydrogen (secondary N) is 1. The predicted molar refractivity (Wildman–Crippen MR) is 83.7 cm³/mol. The Bertz CT molecular complexity index is 533. The number of benzene rings is 1. The average Bonchev–Trinajstić information content (AvgIpc) is 2.90. The lowest BCUT2D eigenvalue weighted by molar-refractivity contribution is 0.449. The molecule has 0 spiro atoms. The van der Waals surface area contributed by atoms with Crippen LogP contribution in [0.4, 0.5) is 4.39 Å². The highest BCUT2D eigenvalue weighted by Crippen LogP contribution is 2.15. The van der Waals surface area contributed by atoms with Crippen LogP contribution in [-0.2, 0) is 19.9 Å². The fourth-order valence-corrected chi connectivity index (χ4v) is 2.55. The van der Waals surface area contributed by atoms with Gasteiger partial charge >= 0.3 is 0 Å². The first-order valence-electron chi connectivity index (χ1n) is 7.60. The highest BCUT2D eigenvalue weighted by Gasteiger charge is 2.10. The minimum Gasteiger partial charge on any atom is -0.317 e. The van der Waals surface area contributed by atoms with Crippen molar-refractivity contribution >= 4 is 0 Å². The highest BCUT2D eigenvalue weighted by molar-refractivity contribution is 5.17. The van der Waals surface area contributed by atoms with Crippen molar-refractivity contribution in [3.8, 4) is 0 Å². The molecule has 3 nitrogen and oxygen atoms in total. The Labute approximate surface area is 126 Å². The van der Waals surface area contributed by atoms with Gasteiger partial charge < -0.3 is 5.32 Å². The lowest BCUT2D eigenvalue weighted by Crippen LogP contribution is -2.24. The minimum atomic E-state index is -0.169. The molecule has 1 unspecified atom stereocenters. The van der Waals surface area contributed by atoms with Gasteiger partial charge in [-0.25, -0.2) is 4.39 Å². The standard InChI is InChI=1S/C17H24FN3/c1-3-19-11-15(4-5-16-12-20-21(2)13-16)10-14-6-8-17(18)9-7-14/h6-9,12-13,15,19H,3-5,10-11H2,1-2H3. The number of aryl methyl sites for hydroxylation is 2. The third kappa shape index (κ3) is 5.31. The van der Waals surface area contributed by atoms with Gasteiger partial charge in [0.05, 0.1) is 6.20 Å². The number of nitrogens with zero attached hydrogens (tertiary/aromatic N) is 2. The van der Waals surface area contributed by atoms with Gasteiger partial charge in [0, 0.05) is 13.2 Å². The maximum absolute atomic E-state index is 13.0. The normalized spacial score (nSPS) is 12.5. The van der Waals surface area contributed by atoms with Gasteiger partial charge in [-0.3, -0.25) is 4.68 Å².